The molecular weight excluding hydrogens is 478 g/mol. The number of amides is 1. The van der Waals surface area contributed by atoms with E-state index in [1.54, 1.807) is 6.20 Å². The Hall–Kier alpha value is -3.37. The van der Waals surface area contributed by atoms with Crippen LogP contribution in [-0.2, 0) is 10.4 Å². The second-order valence-electron chi connectivity index (χ2n) is 11.5. The van der Waals surface area contributed by atoms with Gasteiger partial charge in [0.15, 0.2) is 5.82 Å². The SMILES string of the molecule is CCCC#Cc1cnc(C(=O)Nc2ccc([C@@]3(O)CCC[C@H](C(=O)O)CC3)cc2C2=CCC(C)(C)CC2)[nH]1. The Labute approximate surface area is 225 Å². The first-order valence-corrected chi connectivity index (χ1v) is 13.7. The van der Waals surface area contributed by atoms with E-state index in [0.29, 0.717) is 43.5 Å². The summed E-state index contributed by atoms with van der Waals surface area (Å²) in [6.45, 7) is 6.57. The van der Waals surface area contributed by atoms with Gasteiger partial charge in [0, 0.05) is 17.7 Å². The van der Waals surface area contributed by atoms with E-state index in [1.165, 1.54) is 0 Å². The van der Waals surface area contributed by atoms with Crippen molar-refractivity contribution in [3.8, 4) is 11.8 Å². The van der Waals surface area contributed by atoms with Crippen LogP contribution in [0.5, 0.6) is 0 Å². The second-order valence-corrected chi connectivity index (χ2v) is 11.5. The van der Waals surface area contributed by atoms with Crippen molar-refractivity contribution in [2.75, 3.05) is 5.32 Å². The number of nitrogens with one attached hydrogen (secondary N) is 2. The van der Waals surface area contributed by atoms with E-state index < -0.39 is 17.5 Å². The molecule has 0 unspecified atom stereocenters. The largest absolute Gasteiger partial charge is 0.481 e. The topological polar surface area (TPSA) is 115 Å². The lowest BCUT2D eigenvalue weighted by Gasteiger charge is -2.31. The molecule has 7 nitrogen and oxygen atoms in total. The number of carbonyl (C=O) groups is 2. The molecule has 2 aromatic rings. The summed E-state index contributed by atoms with van der Waals surface area (Å²) in [6, 6.07) is 5.70. The van der Waals surface area contributed by atoms with Gasteiger partial charge < -0.3 is 20.5 Å². The van der Waals surface area contributed by atoms with Crippen molar-refractivity contribution in [3.05, 3.63) is 53.1 Å². The van der Waals surface area contributed by atoms with Crippen molar-refractivity contribution in [1.82, 2.24) is 9.97 Å². The van der Waals surface area contributed by atoms with Crippen molar-refractivity contribution < 1.29 is 19.8 Å². The lowest BCUT2D eigenvalue weighted by Crippen LogP contribution is -2.26. The Morgan fingerprint density at radius 3 is 2.74 bits per heavy atom. The number of benzene rings is 1. The van der Waals surface area contributed by atoms with E-state index in [0.717, 1.165) is 48.8 Å². The van der Waals surface area contributed by atoms with E-state index in [9.17, 15) is 19.8 Å². The fraction of sp³-hybridized carbons (Fsp3) is 0.516. The smallest absolute Gasteiger partial charge is 0.306 e. The summed E-state index contributed by atoms with van der Waals surface area (Å²) in [5, 5.41) is 24.1. The minimum atomic E-state index is -1.09. The van der Waals surface area contributed by atoms with Crippen molar-refractivity contribution in [1.29, 1.82) is 0 Å². The number of rotatable bonds is 6. The number of nitrogens with zero attached hydrogens (tertiary/aromatic N) is 1. The molecule has 202 valence electrons. The van der Waals surface area contributed by atoms with Crippen LogP contribution in [-0.4, -0.2) is 32.1 Å². The maximum absolute atomic E-state index is 13.1. The van der Waals surface area contributed by atoms with Gasteiger partial charge in [0.2, 0.25) is 0 Å². The molecule has 0 saturated heterocycles. The van der Waals surface area contributed by atoms with Crippen molar-refractivity contribution in [2.24, 2.45) is 11.3 Å². The number of aliphatic carboxylic acids is 1. The number of carboxylic acids is 1. The van der Waals surface area contributed by atoms with Gasteiger partial charge >= 0.3 is 5.97 Å². The van der Waals surface area contributed by atoms with Gasteiger partial charge in [-0.2, -0.15) is 0 Å². The van der Waals surface area contributed by atoms with E-state index in [-0.39, 0.29) is 17.1 Å². The first kappa shape index (κ1) is 27.7. The molecular formula is C31H39N3O4. The summed E-state index contributed by atoms with van der Waals surface area (Å²) in [4.78, 5) is 31.9. The predicted octanol–water partition coefficient (Wildman–Crippen LogP) is 6.26. The number of allylic oxidation sites excluding steroid dienone is 2. The minimum absolute atomic E-state index is 0.196. The lowest BCUT2D eigenvalue weighted by atomic mass is 9.76. The summed E-state index contributed by atoms with van der Waals surface area (Å²) in [5.74, 6) is 4.68. The number of hydrogen-bond acceptors (Lipinski definition) is 4. The summed E-state index contributed by atoms with van der Waals surface area (Å²) in [7, 11) is 0. The molecule has 0 bridgehead atoms. The summed E-state index contributed by atoms with van der Waals surface area (Å²) < 4.78 is 0. The molecule has 38 heavy (non-hydrogen) atoms. The Kier molecular flexibility index (Phi) is 8.42. The first-order valence-electron chi connectivity index (χ1n) is 13.7. The van der Waals surface area contributed by atoms with Gasteiger partial charge in [-0.25, -0.2) is 4.98 Å². The van der Waals surface area contributed by atoms with E-state index in [1.807, 2.05) is 18.2 Å². The second kappa shape index (κ2) is 11.6. The molecule has 1 amide bonds. The van der Waals surface area contributed by atoms with Crippen LogP contribution in [0.2, 0.25) is 0 Å². The van der Waals surface area contributed by atoms with Crippen LogP contribution in [0, 0.1) is 23.2 Å². The average molecular weight is 518 g/mol. The number of aliphatic hydroxyl groups is 1. The number of aromatic amines is 1. The Bertz CT molecular complexity index is 1280. The molecule has 2 aliphatic carbocycles. The highest BCUT2D eigenvalue weighted by atomic mass is 16.4. The number of H-pyrrole nitrogens is 1. The molecule has 2 atom stereocenters. The number of anilines is 1. The van der Waals surface area contributed by atoms with Gasteiger partial charge in [0.1, 0.15) is 5.69 Å². The van der Waals surface area contributed by atoms with Gasteiger partial charge in [0.25, 0.3) is 5.91 Å². The first-order chi connectivity index (χ1) is 18.1. The summed E-state index contributed by atoms with van der Waals surface area (Å²) >= 11 is 0. The zero-order valence-electron chi connectivity index (χ0n) is 22.7. The zero-order valence-corrected chi connectivity index (χ0v) is 22.7. The van der Waals surface area contributed by atoms with Crippen LogP contribution < -0.4 is 5.32 Å². The Morgan fingerprint density at radius 2 is 2.03 bits per heavy atom. The van der Waals surface area contributed by atoms with Crippen LogP contribution >= 0.6 is 0 Å². The molecule has 1 aromatic heterocycles. The van der Waals surface area contributed by atoms with Crippen LogP contribution in [0.25, 0.3) is 5.57 Å². The average Bonchev–Trinajstić information content (AvgIpc) is 3.26. The molecule has 4 rings (SSSR count). The van der Waals surface area contributed by atoms with Crippen LogP contribution in [0.4, 0.5) is 5.69 Å². The van der Waals surface area contributed by atoms with E-state index >= 15 is 0 Å². The summed E-state index contributed by atoms with van der Waals surface area (Å²) in [6.07, 6.45) is 11.0. The van der Waals surface area contributed by atoms with Gasteiger partial charge in [0.05, 0.1) is 17.7 Å². The molecule has 0 spiro atoms. The van der Waals surface area contributed by atoms with Gasteiger partial charge in [-0.15, -0.1) is 0 Å². The quantitative estimate of drug-likeness (QED) is 0.267. The van der Waals surface area contributed by atoms with Crippen LogP contribution in [0.3, 0.4) is 0 Å². The third-order valence-corrected chi connectivity index (χ3v) is 7.91. The van der Waals surface area contributed by atoms with Crippen molar-refractivity contribution in [3.63, 3.8) is 0 Å². The third-order valence-electron chi connectivity index (χ3n) is 7.91. The number of unbranched alkanes of at least 4 members (excludes halogenated alkanes) is 1. The number of hydrogen-bond donors (Lipinski definition) is 4. The highest BCUT2D eigenvalue weighted by molar-refractivity contribution is 6.03. The normalized spacial score (nSPS) is 22.9. The Morgan fingerprint density at radius 1 is 1.21 bits per heavy atom. The predicted molar refractivity (Wildman–Crippen MR) is 148 cm³/mol. The third kappa shape index (κ3) is 6.54. The maximum atomic E-state index is 13.1. The molecule has 1 saturated carbocycles. The number of imidazole rings is 1. The molecule has 4 N–H and O–H groups in total. The minimum Gasteiger partial charge on any atom is -0.481 e. The van der Waals surface area contributed by atoms with E-state index in [2.05, 4.69) is 54.0 Å². The van der Waals surface area contributed by atoms with Crippen molar-refractivity contribution >= 4 is 23.1 Å². The fourth-order valence-corrected chi connectivity index (χ4v) is 5.35. The molecule has 1 fully saturated rings. The lowest BCUT2D eigenvalue weighted by molar-refractivity contribution is -0.142. The van der Waals surface area contributed by atoms with Gasteiger partial charge in [-0.1, -0.05) is 38.8 Å². The highest BCUT2D eigenvalue weighted by Crippen LogP contribution is 2.43. The number of aromatic nitrogens is 2. The molecule has 7 heteroatoms. The molecule has 1 aromatic carbocycles. The summed E-state index contributed by atoms with van der Waals surface area (Å²) in [5.41, 5.74) is 3.21. The standard InChI is InChI=1S/C31H39N3O4/c1-4-5-6-9-24-20-32-27(33-24)28(35)34-26-11-10-23(19-25(26)21-12-16-30(2,3)17-13-21)31(38)15-7-8-22(14-18-31)29(36)37/h10-12,19-20,22,38H,4-5,7-8,13-18H2,1-3H3,(H,32,33)(H,34,35)(H,36,37)/t22-,31+/m0/s1. The van der Waals surface area contributed by atoms with Crippen LogP contribution in [0.15, 0.2) is 30.5 Å². The number of carbonyl (C=O) groups excluding carboxylic acids is 1. The maximum Gasteiger partial charge on any atom is 0.306 e. The van der Waals surface area contributed by atoms with Crippen LogP contribution in [0.1, 0.15) is 112 Å². The molecule has 0 radical (unpaired) electrons. The van der Waals surface area contributed by atoms with Crippen molar-refractivity contribution in [2.45, 2.75) is 90.6 Å². The zero-order chi connectivity index (χ0) is 27.3. The fourth-order valence-electron chi connectivity index (χ4n) is 5.35. The molecule has 0 aliphatic heterocycles. The van der Waals surface area contributed by atoms with Gasteiger partial charge in [-0.3, -0.25) is 9.59 Å². The van der Waals surface area contributed by atoms with Gasteiger partial charge in [-0.05, 0) is 92.4 Å². The molecule has 2 aliphatic rings. The highest BCUT2D eigenvalue weighted by Gasteiger charge is 2.35. The monoisotopic (exact) mass is 517 g/mol. The Balaban J connectivity index is 1.63. The van der Waals surface area contributed by atoms with E-state index in [4.69, 9.17) is 0 Å². The molecule has 1 heterocycles. The number of carboxylic acid groups (broad SMARTS) is 1.